The monoisotopic (exact) mass is 265 g/mol. The van der Waals surface area contributed by atoms with Gasteiger partial charge < -0.3 is 10.8 Å². The molecule has 0 aromatic heterocycles. The molecule has 3 nitrogen and oxygen atoms in total. The Morgan fingerprint density at radius 2 is 1.84 bits per heavy atom. The lowest BCUT2D eigenvalue weighted by atomic mass is 9.92. The maximum Gasteiger partial charge on any atom is 0.303 e. The van der Waals surface area contributed by atoms with Crippen molar-refractivity contribution in [2.45, 2.75) is 58.9 Å². The van der Waals surface area contributed by atoms with Crippen LogP contribution in [0.15, 0.2) is 24.3 Å². The van der Waals surface area contributed by atoms with E-state index in [0.29, 0.717) is 6.42 Å². The Labute approximate surface area is 116 Å². The Balaban J connectivity index is 0.000000362. The average molecular weight is 265 g/mol. The van der Waals surface area contributed by atoms with Gasteiger partial charge in [0.15, 0.2) is 0 Å². The zero-order chi connectivity index (χ0) is 14.9. The molecule has 0 aliphatic heterocycles. The molecule has 0 spiro atoms. The van der Waals surface area contributed by atoms with Crippen LogP contribution < -0.4 is 5.73 Å². The highest BCUT2D eigenvalue weighted by molar-refractivity contribution is 5.66. The van der Waals surface area contributed by atoms with Gasteiger partial charge in [-0.2, -0.15) is 0 Å². The van der Waals surface area contributed by atoms with E-state index in [1.165, 1.54) is 11.1 Å². The number of aryl methyl sites for hydroxylation is 1. The van der Waals surface area contributed by atoms with Crippen molar-refractivity contribution in [1.29, 1.82) is 0 Å². The van der Waals surface area contributed by atoms with Crippen LogP contribution in [0.25, 0.3) is 0 Å². The molecule has 0 heterocycles. The summed E-state index contributed by atoms with van der Waals surface area (Å²) in [4.78, 5) is 9.87. The van der Waals surface area contributed by atoms with E-state index in [2.05, 4.69) is 26.0 Å². The summed E-state index contributed by atoms with van der Waals surface area (Å²) < 4.78 is 0. The summed E-state index contributed by atoms with van der Waals surface area (Å²) in [5, 5.41) is 8.14. The van der Waals surface area contributed by atoms with Gasteiger partial charge in [0.25, 0.3) is 0 Å². The summed E-state index contributed by atoms with van der Waals surface area (Å²) in [6.07, 6.45) is 3.28. The standard InChI is InChI=1S/C10H15N.C6H12O2/c1-8-6-4-5-7-9(8)10(2,3)11;1-2-3-4-5-6(7)8/h4-7H,11H2,1-3H3;2-5H2,1H3,(H,7,8). The molecule has 0 saturated heterocycles. The molecule has 0 amide bonds. The fraction of sp³-hybridized carbons (Fsp3) is 0.562. The van der Waals surface area contributed by atoms with Crippen LogP contribution in [-0.2, 0) is 10.3 Å². The van der Waals surface area contributed by atoms with Gasteiger partial charge in [-0.3, -0.25) is 4.79 Å². The Hall–Kier alpha value is -1.35. The van der Waals surface area contributed by atoms with Crippen molar-refractivity contribution in [3.05, 3.63) is 35.4 Å². The first-order chi connectivity index (χ1) is 8.79. The molecule has 0 bridgehead atoms. The van der Waals surface area contributed by atoms with Gasteiger partial charge in [-0.1, -0.05) is 44.0 Å². The third-order valence-corrected chi connectivity index (χ3v) is 2.83. The molecule has 3 heteroatoms. The van der Waals surface area contributed by atoms with E-state index in [4.69, 9.17) is 10.8 Å². The fourth-order valence-electron chi connectivity index (χ4n) is 1.82. The highest BCUT2D eigenvalue weighted by atomic mass is 16.4. The van der Waals surface area contributed by atoms with E-state index in [1.807, 2.05) is 26.0 Å². The van der Waals surface area contributed by atoms with Crippen LogP contribution in [0.5, 0.6) is 0 Å². The van der Waals surface area contributed by atoms with E-state index in [9.17, 15) is 4.79 Å². The second kappa shape index (κ2) is 8.70. The zero-order valence-electron chi connectivity index (χ0n) is 12.6. The molecule has 0 radical (unpaired) electrons. The first kappa shape index (κ1) is 17.6. The summed E-state index contributed by atoms with van der Waals surface area (Å²) in [6, 6.07) is 8.22. The Morgan fingerprint density at radius 3 is 2.21 bits per heavy atom. The summed E-state index contributed by atoms with van der Waals surface area (Å²) in [5.74, 6) is -0.682. The van der Waals surface area contributed by atoms with Gasteiger partial charge in [0, 0.05) is 12.0 Å². The molecule has 0 aliphatic rings. The van der Waals surface area contributed by atoms with Crippen molar-refractivity contribution in [1.82, 2.24) is 0 Å². The van der Waals surface area contributed by atoms with Crippen molar-refractivity contribution < 1.29 is 9.90 Å². The number of carboxylic acids is 1. The number of carbonyl (C=O) groups is 1. The Kier molecular flexibility index (Phi) is 8.08. The van der Waals surface area contributed by atoms with Gasteiger partial charge in [-0.25, -0.2) is 0 Å². The summed E-state index contributed by atoms with van der Waals surface area (Å²) in [5.41, 5.74) is 8.23. The number of rotatable bonds is 5. The lowest BCUT2D eigenvalue weighted by molar-refractivity contribution is -0.137. The molecule has 1 aromatic rings. The second-order valence-corrected chi connectivity index (χ2v) is 5.39. The molecule has 0 aliphatic carbocycles. The largest absolute Gasteiger partial charge is 0.481 e. The minimum Gasteiger partial charge on any atom is -0.481 e. The molecule has 1 rings (SSSR count). The smallest absolute Gasteiger partial charge is 0.303 e. The molecule has 0 fully saturated rings. The highest BCUT2D eigenvalue weighted by Gasteiger charge is 2.14. The number of benzene rings is 1. The predicted octanol–water partition coefficient (Wildman–Crippen LogP) is 3.84. The number of hydrogen-bond acceptors (Lipinski definition) is 2. The van der Waals surface area contributed by atoms with Crippen molar-refractivity contribution in [3.63, 3.8) is 0 Å². The van der Waals surface area contributed by atoms with E-state index >= 15 is 0 Å². The lowest BCUT2D eigenvalue weighted by Gasteiger charge is -2.21. The van der Waals surface area contributed by atoms with Crippen LogP contribution in [-0.4, -0.2) is 11.1 Å². The summed E-state index contributed by atoms with van der Waals surface area (Å²) >= 11 is 0. The number of aliphatic carboxylic acids is 1. The third kappa shape index (κ3) is 8.38. The quantitative estimate of drug-likeness (QED) is 0.795. The Morgan fingerprint density at radius 1 is 1.26 bits per heavy atom. The van der Waals surface area contributed by atoms with E-state index < -0.39 is 5.97 Å². The van der Waals surface area contributed by atoms with Gasteiger partial charge in [0.1, 0.15) is 0 Å². The average Bonchev–Trinajstić information content (AvgIpc) is 2.29. The molecule has 3 N–H and O–H groups in total. The number of nitrogens with two attached hydrogens (primary N) is 1. The maximum absolute atomic E-state index is 9.87. The van der Waals surface area contributed by atoms with Gasteiger partial charge in [-0.15, -0.1) is 0 Å². The molecule has 0 saturated carbocycles. The van der Waals surface area contributed by atoms with Crippen LogP contribution in [0.1, 0.15) is 57.6 Å². The van der Waals surface area contributed by atoms with Crippen LogP contribution in [0.2, 0.25) is 0 Å². The van der Waals surface area contributed by atoms with Crippen molar-refractivity contribution >= 4 is 5.97 Å². The summed E-state index contributed by atoms with van der Waals surface area (Å²) in [6.45, 7) is 8.19. The molecule has 108 valence electrons. The first-order valence-corrected chi connectivity index (χ1v) is 6.85. The lowest BCUT2D eigenvalue weighted by Crippen LogP contribution is -2.29. The predicted molar refractivity (Wildman–Crippen MR) is 80.2 cm³/mol. The van der Waals surface area contributed by atoms with Crippen LogP contribution in [0, 0.1) is 6.92 Å². The SMILES string of the molecule is CCCCCC(=O)O.Cc1ccccc1C(C)(C)N. The highest BCUT2D eigenvalue weighted by Crippen LogP contribution is 2.19. The van der Waals surface area contributed by atoms with E-state index in [0.717, 1.165) is 19.3 Å². The zero-order valence-corrected chi connectivity index (χ0v) is 12.6. The van der Waals surface area contributed by atoms with Gasteiger partial charge in [0.2, 0.25) is 0 Å². The molecule has 0 unspecified atom stereocenters. The minimum absolute atomic E-state index is 0.217. The Bertz CT molecular complexity index is 381. The van der Waals surface area contributed by atoms with Crippen molar-refractivity contribution in [2.24, 2.45) is 5.73 Å². The van der Waals surface area contributed by atoms with E-state index in [-0.39, 0.29) is 5.54 Å². The second-order valence-electron chi connectivity index (χ2n) is 5.39. The summed E-state index contributed by atoms with van der Waals surface area (Å²) in [7, 11) is 0. The van der Waals surface area contributed by atoms with Gasteiger partial charge >= 0.3 is 5.97 Å². The number of carboxylic acid groups (broad SMARTS) is 1. The molecule has 1 aromatic carbocycles. The number of unbranched alkanes of at least 4 members (excludes halogenated alkanes) is 2. The van der Waals surface area contributed by atoms with Crippen molar-refractivity contribution in [3.8, 4) is 0 Å². The molecular weight excluding hydrogens is 238 g/mol. The topological polar surface area (TPSA) is 63.3 Å². The van der Waals surface area contributed by atoms with Crippen molar-refractivity contribution in [2.75, 3.05) is 0 Å². The molecule has 0 atom stereocenters. The van der Waals surface area contributed by atoms with Gasteiger partial charge in [-0.05, 0) is 38.3 Å². The first-order valence-electron chi connectivity index (χ1n) is 6.85. The third-order valence-electron chi connectivity index (χ3n) is 2.83. The van der Waals surface area contributed by atoms with Crippen LogP contribution in [0.3, 0.4) is 0 Å². The maximum atomic E-state index is 9.87. The van der Waals surface area contributed by atoms with E-state index in [1.54, 1.807) is 0 Å². The number of hydrogen-bond donors (Lipinski definition) is 2. The minimum atomic E-state index is -0.682. The van der Waals surface area contributed by atoms with Gasteiger partial charge in [0.05, 0.1) is 0 Å². The van der Waals surface area contributed by atoms with Crippen LogP contribution in [0.4, 0.5) is 0 Å². The van der Waals surface area contributed by atoms with Crippen LogP contribution >= 0.6 is 0 Å². The normalized spacial score (nSPS) is 10.6. The molecular formula is C16H27NO2. The molecule has 19 heavy (non-hydrogen) atoms. The fourth-order valence-corrected chi connectivity index (χ4v) is 1.82.